The van der Waals surface area contributed by atoms with Crippen molar-refractivity contribution in [1.29, 1.82) is 0 Å². The maximum absolute atomic E-state index is 11.8. The van der Waals surface area contributed by atoms with Crippen molar-refractivity contribution in [2.24, 2.45) is 0 Å². The Morgan fingerprint density at radius 3 is 3.00 bits per heavy atom. The number of hydrogen-bond donors (Lipinski definition) is 2. The van der Waals surface area contributed by atoms with Crippen molar-refractivity contribution in [3.05, 3.63) is 23.9 Å². The standard InChI is InChI=1S/C13H17N5O/c1-8-4-3-7-18-11(8)16-13(17-18)14-9(2)12(19)15-10-5-6-10/h3-4,7,9-10H,5-6H2,1-2H3,(H,14,17)(H,15,19). The Hall–Kier alpha value is -2.11. The monoisotopic (exact) mass is 259 g/mol. The van der Waals surface area contributed by atoms with E-state index in [1.54, 1.807) is 4.52 Å². The summed E-state index contributed by atoms with van der Waals surface area (Å²) < 4.78 is 1.71. The molecule has 0 radical (unpaired) electrons. The number of anilines is 1. The van der Waals surface area contributed by atoms with E-state index in [1.165, 1.54) is 0 Å². The van der Waals surface area contributed by atoms with E-state index in [9.17, 15) is 4.79 Å². The summed E-state index contributed by atoms with van der Waals surface area (Å²) >= 11 is 0. The highest BCUT2D eigenvalue weighted by Gasteiger charge is 2.25. The summed E-state index contributed by atoms with van der Waals surface area (Å²) in [5.74, 6) is 0.478. The molecule has 2 aromatic heterocycles. The van der Waals surface area contributed by atoms with Gasteiger partial charge in [0, 0.05) is 12.2 Å². The van der Waals surface area contributed by atoms with Crippen LogP contribution < -0.4 is 10.6 Å². The molecule has 1 aliphatic carbocycles. The van der Waals surface area contributed by atoms with Crippen molar-refractivity contribution in [3.63, 3.8) is 0 Å². The summed E-state index contributed by atoms with van der Waals surface area (Å²) in [4.78, 5) is 16.2. The van der Waals surface area contributed by atoms with E-state index in [0.717, 1.165) is 24.1 Å². The molecule has 1 atom stereocenters. The van der Waals surface area contributed by atoms with Gasteiger partial charge in [-0.05, 0) is 38.3 Å². The number of rotatable bonds is 4. The molecule has 0 spiro atoms. The second kappa shape index (κ2) is 4.53. The van der Waals surface area contributed by atoms with E-state index in [-0.39, 0.29) is 11.9 Å². The number of aryl methyl sites for hydroxylation is 1. The van der Waals surface area contributed by atoms with Gasteiger partial charge in [-0.2, -0.15) is 4.98 Å². The molecule has 6 nitrogen and oxygen atoms in total. The minimum atomic E-state index is -0.335. The molecule has 3 rings (SSSR count). The van der Waals surface area contributed by atoms with Crippen LogP contribution in [0.1, 0.15) is 25.3 Å². The first kappa shape index (κ1) is 12.0. The fraction of sp³-hybridized carbons (Fsp3) is 0.462. The van der Waals surface area contributed by atoms with Crippen LogP contribution in [0.25, 0.3) is 5.65 Å². The molecule has 0 bridgehead atoms. The molecule has 19 heavy (non-hydrogen) atoms. The normalized spacial score (nSPS) is 16.3. The molecule has 1 aliphatic rings. The van der Waals surface area contributed by atoms with E-state index in [1.807, 2.05) is 32.2 Å². The Balaban J connectivity index is 1.73. The molecule has 1 amide bonds. The van der Waals surface area contributed by atoms with Gasteiger partial charge in [0.1, 0.15) is 6.04 Å². The Labute approximate surface area is 111 Å². The molecular formula is C13H17N5O. The van der Waals surface area contributed by atoms with Gasteiger partial charge >= 0.3 is 0 Å². The maximum Gasteiger partial charge on any atom is 0.243 e. The number of amides is 1. The number of carbonyl (C=O) groups excluding carboxylic acids is 1. The van der Waals surface area contributed by atoms with Crippen molar-refractivity contribution in [2.75, 3.05) is 5.32 Å². The molecule has 0 saturated heterocycles. The zero-order chi connectivity index (χ0) is 13.4. The Morgan fingerprint density at radius 2 is 2.32 bits per heavy atom. The molecule has 2 heterocycles. The lowest BCUT2D eigenvalue weighted by Gasteiger charge is -2.11. The van der Waals surface area contributed by atoms with Crippen LogP contribution in [0.5, 0.6) is 0 Å². The molecule has 1 fully saturated rings. The van der Waals surface area contributed by atoms with E-state index in [4.69, 9.17) is 0 Å². The van der Waals surface area contributed by atoms with Gasteiger partial charge in [-0.15, -0.1) is 5.10 Å². The van der Waals surface area contributed by atoms with E-state index >= 15 is 0 Å². The Kier molecular flexibility index (Phi) is 2.85. The molecule has 2 N–H and O–H groups in total. The predicted octanol–water partition coefficient (Wildman–Crippen LogP) is 1.12. The number of hydrogen-bond acceptors (Lipinski definition) is 4. The number of carbonyl (C=O) groups is 1. The smallest absolute Gasteiger partial charge is 0.243 e. The summed E-state index contributed by atoms with van der Waals surface area (Å²) in [7, 11) is 0. The van der Waals surface area contributed by atoms with Crippen molar-refractivity contribution < 1.29 is 4.79 Å². The van der Waals surface area contributed by atoms with Crippen molar-refractivity contribution in [2.45, 2.75) is 38.8 Å². The molecule has 1 unspecified atom stereocenters. The summed E-state index contributed by atoms with van der Waals surface area (Å²) in [6, 6.07) is 3.94. The highest BCUT2D eigenvalue weighted by atomic mass is 16.2. The third-order valence-electron chi connectivity index (χ3n) is 3.22. The van der Waals surface area contributed by atoms with Gasteiger partial charge in [0.05, 0.1) is 0 Å². The predicted molar refractivity (Wildman–Crippen MR) is 72.0 cm³/mol. The first-order chi connectivity index (χ1) is 9.13. The summed E-state index contributed by atoms with van der Waals surface area (Å²) in [5.41, 5.74) is 1.86. The van der Waals surface area contributed by atoms with Crippen LogP contribution in [0, 0.1) is 6.92 Å². The summed E-state index contributed by atoms with van der Waals surface area (Å²) in [6.07, 6.45) is 4.02. The SMILES string of the molecule is Cc1cccn2nc(NC(C)C(=O)NC3CC3)nc12. The van der Waals surface area contributed by atoms with Crippen molar-refractivity contribution in [3.8, 4) is 0 Å². The molecule has 2 aromatic rings. The van der Waals surface area contributed by atoms with Crippen LogP contribution in [-0.2, 0) is 4.79 Å². The number of nitrogens with zero attached hydrogens (tertiary/aromatic N) is 3. The summed E-state index contributed by atoms with van der Waals surface area (Å²) in [5, 5.41) is 10.3. The van der Waals surface area contributed by atoms with E-state index in [2.05, 4.69) is 20.7 Å². The van der Waals surface area contributed by atoms with Crippen molar-refractivity contribution in [1.82, 2.24) is 19.9 Å². The fourth-order valence-electron chi connectivity index (χ4n) is 1.91. The average molecular weight is 259 g/mol. The van der Waals surface area contributed by atoms with Crippen LogP contribution in [-0.4, -0.2) is 32.6 Å². The van der Waals surface area contributed by atoms with Gasteiger partial charge in [-0.1, -0.05) is 6.07 Å². The van der Waals surface area contributed by atoms with Gasteiger partial charge in [0.25, 0.3) is 0 Å². The maximum atomic E-state index is 11.8. The molecule has 100 valence electrons. The van der Waals surface area contributed by atoms with Crippen LogP contribution in [0.4, 0.5) is 5.95 Å². The van der Waals surface area contributed by atoms with E-state index in [0.29, 0.717) is 12.0 Å². The van der Waals surface area contributed by atoms with Crippen LogP contribution in [0.3, 0.4) is 0 Å². The third-order valence-corrected chi connectivity index (χ3v) is 3.22. The van der Waals surface area contributed by atoms with Crippen molar-refractivity contribution >= 4 is 17.5 Å². The number of fused-ring (bicyclic) bond motifs is 1. The van der Waals surface area contributed by atoms with E-state index < -0.39 is 0 Å². The van der Waals surface area contributed by atoms with Gasteiger partial charge < -0.3 is 10.6 Å². The third kappa shape index (κ3) is 2.52. The lowest BCUT2D eigenvalue weighted by Crippen LogP contribution is -2.38. The lowest BCUT2D eigenvalue weighted by atomic mass is 10.3. The van der Waals surface area contributed by atoms with Gasteiger partial charge in [0.2, 0.25) is 11.9 Å². The van der Waals surface area contributed by atoms with Gasteiger partial charge in [-0.3, -0.25) is 4.79 Å². The molecule has 1 saturated carbocycles. The summed E-state index contributed by atoms with van der Waals surface area (Å²) in [6.45, 7) is 3.80. The molecule has 6 heteroatoms. The van der Waals surface area contributed by atoms with Crippen LogP contribution >= 0.6 is 0 Å². The minimum Gasteiger partial charge on any atom is -0.352 e. The largest absolute Gasteiger partial charge is 0.352 e. The number of pyridine rings is 1. The second-order valence-corrected chi connectivity index (χ2v) is 5.04. The highest BCUT2D eigenvalue weighted by Crippen LogP contribution is 2.19. The van der Waals surface area contributed by atoms with Gasteiger partial charge in [0.15, 0.2) is 5.65 Å². The first-order valence-corrected chi connectivity index (χ1v) is 6.52. The Bertz CT molecular complexity index is 617. The topological polar surface area (TPSA) is 71.3 Å². The van der Waals surface area contributed by atoms with Crippen LogP contribution in [0.2, 0.25) is 0 Å². The average Bonchev–Trinajstić information content (AvgIpc) is 3.08. The quantitative estimate of drug-likeness (QED) is 0.863. The highest BCUT2D eigenvalue weighted by molar-refractivity contribution is 5.84. The molecule has 0 aromatic carbocycles. The second-order valence-electron chi connectivity index (χ2n) is 5.04. The molecular weight excluding hydrogens is 242 g/mol. The minimum absolute atomic E-state index is 0.00178. The number of nitrogens with one attached hydrogen (secondary N) is 2. The molecule has 0 aliphatic heterocycles. The zero-order valence-electron chi connectivity index (χ0n) is 11.1. The van der Waals surface area contributed by atoms with Crippen LogP contribution in [0.15, 0.2) is 18.3 Å². The fourth-order valence-corrected chi connectivity index (χ4v) is 1.91. The zero-order valence-corrected chi connectivity index (χ0v) is 11.1. The number of aromatic nitrogens is 3. The first-order valence-electron chi connectivity index (χ1n) is 6.52. The lowest BCUT2D eigenvalue weighted by molar-refractivity contribution is -0.121. The Morgan fingerprint density at radius 1 is 1.53 bits per heavy atom. The van der Waals surface area contributed by atoms with Gasteiger partial charge in [-0.25, -0.2) is 4.52 Å².